The molecule has 3 fully saturated rings. The second-order valence-electron chi connectivity index (χ2n) is 7.27. The van der Waals surface area contributed by atoms with Crippen molar-refractivity contribution < 1.29 is 14.2 Å². The van der Waals surface area contributed by atoms with Crippen LogP contribution in [0.2, 0.25) is 0 Å². The zero-order chi connectivity index (χ0) is 15.5. The smallest absolute Gasteiger partial charge is 0.123 e. The van der Waals surface area contributed by atoms with Gasteiger partial charge in [0.2, 0.25) is 0 Å². The Bertz CT molecular complexity index is 523. The number of nitrogens with one attached hydrogen (secondary N) is 1. The first-order valence-corrected chi connectivity index (χ1v) is 8.99. The predicted octanol–water partition coefficient (Wildman–Crippen LogP) is 2.90. The summed E-state index contributed by atoms with van der Waals surface area (Å²) < 4.78 is 17.6. The van der Waals surface area contributed by atoms with E-state index in [9.17, 15) is 0 Å². The van der Waals surface area contributed by atoms with E-state index in [-0.39, 0.29) is 5.60 Å². The summed E-state index contributed by atoms with van der Waals surface area (Å²) in [5.74, 6) is 1.83. The number of benzene rings is 1. The van der Waals surface area contributed by atoms with Gasteiger partial charge in [-0.25, -0.2) is 0 Å². The van der Waals surface area contributed by atoms with Crippen LogP contribution in [0.1, 0.15) is 37.7 Å². The highest BCUT2D eigenvalue weighted by Gasteiger charge is 2.40. The average molecular weight is 317 g/mol. The minimum atomic E-state index is -0.0299. The Kier molecular flexibility index (Phi) is 4.56. The van der Waals surface area contributed by atoms with Gasteiger partial charge in [-0.3, -0.25) is 0 Å². The van der Waals surface area contributed by atoms with Crippen molar-refractivity contribution in [1.82, 2.24) is 5.32 Å². The number of rotatable bonds is 6. The maximum absolute atomic E-state index is 6.01. The van der Waals surface area contributed by atoms with Gasteiger partial charge in [-0.15, -0.1) is 0 Å². The molecule has 0 unspecified atom stereocenters. The molecule has 0 amide bonds. The third-order valence-corrected chi connectivity index (χ3v) is 5.29. The van der Waals surface area contributed by atoms with Crippen LogP contribution in [0.25, 0.3) is 0 Å². The quantitative estimate of drug-likeness (QED) is 0.876. The first-order valence-electron chi connectivity index (χ1n) is 8.99. The molecule has 0 radical (unpaired) electrons. The van der Waals surface area contributed by atoms with Crippen LogP contribution in [0.5, 0.6) is 5.75 Å². The van der Waals surface area contributed by atoms with Gasteiger partial charge in [0.25, 0.3) is 0 Å². The summed E-state index contributed by atoms with van der Waals surface area (Å²) in [6.45, 7) is 4.16. The zero-order valence-corrected chi connectivity index (χ0v) is 13.8. The highest BCUT2D eigenvalue weighted by Crippen LogP contribution is 2.33. The summed E-state index contributed by atoms with van der Waals surface area (Å²) in [5.41, 5.74) is 1.23. The number of ether oxygens (including phenoxy) is 3. The van der Waals surface area contributed by atoms with Gasteiger partial charge in [0.1, 0.15) is 5.75 Å². The molecule has 1 spiro atoms. The van der Waals surface area contributed by atoms with Crippen LogP contribution < -0.4 is 10.1 Å². The molecule has 2 atom stereocenters. The van der Waals surface area contributed by atoms with Crippen LogP contribution in [0, 0.1) is 5.92 Å². The van der Waals surface area contributed by atoms with Crippen LogP contribution in [-0.2, 0) is 16.0 Å². The SMILES string of the molecule is c1ccc(OCC2CC2)c(CN[C@H]2CCO[C@]3(CCOC3)C2)c1. The van der Waals surface area contributed by atoms with Crippen molar-refractivity contribution in [2.45, 2.75) is 50.3 Å². The van der Waals surface area contributed by atoms with Gasteiger partial charge in [-0.05, 0) is 37.7 Å². The molecular weight excluding hydrogens is 290 g/mol. The Morgan fingerprint density at radius 1 is 1.17 bits per heavy atom. The van der Waals surface area contributed by atoms with E-state index in [4.69, 9.17) is 14.2 Å². The van der Waals surface area contributed by atoms with E-state index >= 15 is 0 Å². The van der Waals surface area contributed by atoms with Crippen molar-refractivity contribution in [3.8, 4) is 5.75 Å². The molecule has 1 aliphatic carbocycles. The molecule has 126 valence electrons. The molecule has 0 aromatic heterocycles. The fraction of sp³-hybridized carbons (Fsp3) is 0.684. The Morgan fingerprint density at radius 2 is 2.09 bits per heavy atom. The standard InChI is InChI=1S/C19H27NO3/c1-2-4-18(22-13-15-5-6-15)16(3-1)12-20-17-7-9-23-19(11-17)8-10-21-14-19/h1-4,15,17,20H,5-14H2/t17-,19+/m0/s1. The first kappa shape index (κ1) is 15.4. The van der Waals surface area contributed by atoms with Crippen molar-refractivity contribution in [2.75, 3.05) is 26.4 Å². The highest BCUT2D eigenvalue weighted by molar-refractivity contribution is 5.33. The van der Waals surface area contributed by atoms with Crippen molar-refractivity contribution in [3.05, 3.63) is 29.8 Å². The Morgan fingerprint density at radius 3 is 2.91 bits per heavy atom. The second kappa shape index (κ2) is 6.80. The third-order valence-electron chi connectivity index (χ3n) is 5.29. The summed E-state index contributed by atoms with van der Waals surface area (Å²) in [6, 6.07) is 8.92. The van der Waals surface area contributed by atoms with Crippen LogP contribution in [0.3, 0.4) is 0 Å². The number of para-hydroxylation sites is 1. The van der Waals surface area contributed by atoms with Crippen molar-refractivity contribution in [2.24, 2.45) is 5.92 Å². The molecule has 1 aromatic rings. The van der Waals surface area contributed by atoms with Gasteiger partial charge in [-0.1, -0.05) is 18.2 Å². The van der Waals surface area contributed by atoms with Crippen LogP contribution >= 0.6 is 0 Å². The monoisotopic (exact) mass is 317 g/mol. The van der Waals surface area contributed by atoms with Crippen LogP contribution in [-0.4, -0.2) is 38.1 Å². The van der Waals surface area contributed by atoms with E-state index in [0.29, 0.717) is 6.04 Å². The minimum Gasteiger partial charge on any atom is -0.493 e. The molecule has 3 aliphatic rings. The van der Waals surface area contributed by atoms with E-state index < -0.39 is 0 Å². The van der Waals surface area contributed by atoms with E-state index in [1.807, 2.05) is 0 Å². The van der Waals surface area contributed by atoms with Gasteiger partial charge in [0.15, 0.2) is 0 Å². The van der Waals surface area contributed by atoms with Gasteiger partial charge in [0, 0.05) is 37.8 Å². The molecule has 4 heteroatoms. The largest absolute Gasteiger partial charge is 0.493 e. The second-order valence-corrected chi connectivity index (χ2v) is 7.27. The molecule has 1 saturated carbocycles. The Balaban J connectivity index is 1.33. The van der Waals surface area contributed by atoms with Crippen LogP contribution in [0.15, 0.2) is 24.3 Å². The van der Waals surface area contributed by atoms with Gasteiger partial charge < -0.3 is 19.5 Å². The summed E-state index contributed by atoms with van der Waals surface area (Å²) >= 11 is 0. The summed E-state index contributed by atoms with van der Waals surface area (Å²) in [7, 11) is 0. The molecule has 2 aliphatic heterocycles. The molecule has 4 rings (SSSR count). The maximum atomic E-state index is 6.01. The number of hydrogen-bond donors (Lipinski definition) is 1. The van der Waals surface area contributed by atoms with Gasteiger partial charge in [0.05, 0.1) is 18.8 Å². The normalized spacial score (nSPS) is 30.7. The van der Waals surface area contributed by atoms with Gasteiger partial charge in [-0.2, -0.15) is 0 Å². The Hall–Kier alpha value is -1.10. The molecule has 2 saturated heterocycles. The molecular formula is C19H27NO3. The van der Waals surface area contributed by atoms with Crippen LogP contribution in [0.4, 0.5) is 0 Å². The maximum Gasteiger partial charge on any atom is 0.123 e. The van der Waals surface area contributed by atoms with E-state index in [0.717, 1.165) is 63.9 Å². The summed E-state index contributed by atoms with van der Waals surface area (Å²) in [4.78, 5) is 0. The topological polar surface area (TPSA) is 39.7 Å². The molecule has 1 N–H and O–H groups in total. The predicted molar refractivity (Wildman–Crippen MR) is 88.6 cm³/mol. The lowest BCUT2D eigenvalue weighted by Crippen LogP contribution is -2.47. The third kappa shape index (κ3) is 3.87. The van der Waals surface area contributed by atoms with E-state index in [2.05, 4.69) is 29.6 Å². The van der Waals surface area contributed by atoms with Crippen molar-refractivity contribution in [1.29, 1.82) is 0 Å². The van der Waals surface area contributed by atoms with E-state index in [1.165, 1.54) is 18.4 Å². The van der Waals surface area contributed by atoms with Gasteiger partial charge >= 0.3 is 0 Å². The fourth-order valence-electron chi connectivity index (χ4n) is 3.60. The number of hydrogen-bond acceptors (Lipinski definition) is 4. The Labute approximate surface area is 138 Å². The van der Waals surface area contributed by atoms with Crippen molar-refractivity contribution in [3.63, 3.8) is 0 Å². The highest BCUT2D eigenvalue weighted by atomic mass is 16.6. The lowest BCUT2D eigenvalue weighted by molar-refractivity contribution is -0.0894. The average Bonchev–Trinajstić information content (AvgIpc) is 3.32. The van der Waals surface area contributed by atoms with E-state index in [1.54, 1.807) is 0 Å². The zero-order valence-electron chi connectivity index (χ0n) is 13.8. The molecule has 1 aromatic carbocycles. The summed E-state index contributed by atoms with van der Waals surface area (Å²) in [5, 5.41) is 3.72. The fourth-order valence-corrected chi connectivity index (χ4v) is 3.60. The molecule has 0 bridgehead atoms. The molecule has 23 heavy (non-hydrogen) atoms. The first-order chi connectivity index (χ1) is 11.3. The summed E-state index contributed by atoms with van der Waals surface area (Å²) in [6.07, 6.45) is 5.82. The lowest BCUT2D eigenvalue weighted by atomic mass is 9.89. The molecule has 4 nitrogen and oxygen atoms in total. The van der Waals surface area contributed by atoms with Crippen molar-refractivity contribution >= 4 is 0 Å². The molecule has 2 heterocycles. The minimum absolute atomic E-state index is 0.0299. The lowest BCUT2D eigenvalue weighted by Gasteiger charge is -2.37.